The van der Waals surface area contributed by atoms with Gasteiger partial charge in [-0.15, -0.1) is 0 Å². The number of aromatic nitrogens is 1. The lowest BCUT2D eigenvalue weighted by Gasteiger charge is -2.38. The lowest BCUT2D eigenvalue weighted by molar-refractivity contribution is 0.137. The summed E-state index contributed by atoms with van der Waals surface area (Å²) in [5.41, 5.74) is 2.21. The van der Waals surface area contributed by atoms with E-state index in [1.807, 2.05) is 0 Å². The molecule has 2 fully saturated rings. The number of hydrogen-bond donors (Lipinski definition) is 0. The molecule has 1 aromatic heterocycles. The highest BCUT2D eigenvalue weighted by Gasteiger charge is 2.42. The van der Waals surface area contributed by atoms with Crippen molar-refractivity contribution < 1.29 is 0 Å². The van der Waals surface area contributed by atoms with Gasteiger partial charge in [-0.25, -0.2) is 0 Å². The van der Waals surface area contributed by atoms with Gasteiger partial charge < -0.3 is 4.57 Å². The maximum absolute atomic E-state index is 2.63. The number of likely N-dealkylation sites (tertiary alicyclic amines) is 1. The number of aryl methyl sites for hydroxylation is 1. The van der Waals surface area contributed by atoms with Crippen LogP contribution < -0.4 is 0 Å². The van der Waals surface area contributed by atoms with Crippen LogP contribution in [-0.2, 0) is 13.6 Å². The van der Waals surface area contributed by atoms with E-state index in [1.54, 1.807) is 0 Å². The molecule has 0 unspecified atom stereocenters. The summed E-state index contributed by atoms with van der Waals surface area (Å²) in [5.74, 6) is 0. The summed E-state index contributed by atoms with van der Waals surface area (Å²) >= 11 is 0. The third-order valence-electron chi connectivity index (χ3n) is 4.23. The van der Waals surface area contributed by atoms with E-state index < -0.39 is 0 Å². The second-order valence-electron chi connectivity index (χ2n) is 5.50. The van der Waals surface area contributed by atoms with Crippen molar-refractivity contribution in [2.45, 2.75) is 32.2 Å². The minimum atomic E-state index is 0.745. The van der Waals surface area contributed by atoms with Crippen LogP contribution in [0.15, 0.2) is 18.5 Å². The molecule has 0 bridgehead atoms. The van der Waals surface area contributed by atoms with Gasteiger partial charge in [-0.3, -0.25) is 4.90 Å². The van der Waals surface area contributed by atoms with Gasteiger partial charge in [-0.05, 0) is 42.9 Å². The highest BCUT2D eigenvalue weighted by Crippen LogP contribution is 2.48. The molecule has 2 heteroatoms. The fraction of sp³-hybridized carbons (Fsp3) is 0.692. The van der Waals surface area contributed by atoms with Crippen LogP contribution in [0.2, 0.25) is 0 Å². The van der Waals surface area contributed by atoms with Crippen LogP contribution in [0.4, 0.5) is 0 Å². The van der Waals surface area contributed by atoms with Gasteiger partial charge in [0, 0.05) is 32.5 Å². The zero-order chi connectivity index (χ0) is 10.3. The van der Waals surface area contributed by atoms with Gasteiger partial charge in [-0.2, -0.15) is 0 Å². The molecule has 0 aromatic carbocycles. The average molecular weight is 204 g/mol. The second kappa shape index (κ2) is 3.38. The summed E-state index contributed by atoms with van der Waals surface area (Å²) in [6.45, 7) is 3.82. The van der Waals surface area contributed by atoms with E-state index in [1.165, 1.54) is 44.3 Å². The topological polar surface area (TPSA) is 8.17 Å². The largest absolute Gasteiger partial charge is 0.357 e. The predicted molar refractivity (Wildman–Crippen MR) is 61.6 cm³/mol. The van der Waals surface area contributed by atoms with Gasteiger partial charge >= 0.3 is 0 Å². The summed E-state index contributed by atoms with van der Waals surface area (Å²) in [4.78, 5) is 2.63. The SMILES string of the molecule is Cn1ccc(CN2CCC3(CCC3)C2)c1. The molecule has 2 nitrogen and oxygen atoms in total. The summed E-state index contributed by atoms with van der Waals surface area (Å²) in [5, 5.41) is 0. The fourth-order valence-electron chi connectivity index (χ4n) is 3.16. The zero-order valence-corrected chi connectivity index (χ0v) is 9.58. The van der Waals surface area contributed by atoms with Crippen molar-refractivity contribution >= 4 is 0 Å². The zero-order valence-electron chi connectivity index (χ0n) is 9.58. The van der Waals surface area contributed by atoms with Crippen LogP contribution in [0.3, 0.4) is 0 Å². The molecule has 1 saturated heterocycles. The monoisotopic (exact) mass is 204 g/mol. The van der Waals surface area contributed by atoms with Crippen molar-refractivity contribution in [3.63, 3.8) is 0 Å². The molecule has 15 heavy (non-hydrogen) atoms. The van der Waals surface area contributed by atoms with Gasteiger partial charge in [-0.1, -0.05) is 6.42 Å². The quantitative estimate of drug-likeness (QED) is 0.718. The van der Waals surface area contributed by atoms with Crippen LogP contribution in [0.25, 0.3) is 0 Å². The molecular formula is C13H20N2. The Kier molecular flexibility index (Phi) is 2.13. The first kappa shape index (κ1) is 9.46. The first-order chi connectivity index (χ1) is 7.26. The molecule has 1 spiro atoms. The van der Waals surface area contributed by atoms with Crippen LogP contribution in [0, 0.1) is 5.41 Å². The first-order valence-corrected chi connectivity index (χ1v) is 6.09. The number of rotatable bonds is 2. The van der Waals surface area contributed by atoms with E-state index in [-0.39, 0.29) is 0 Å². The molecule has 0 amide bonds. The van der Waals surface area contributed by atoms with Gasteiger partial charge in [0.05, 0.1) is 0 Å². The molecule has 0 radical (unpaired) electrons. The van der Waals surface area contributed by atoms with E-state index >= 15 is 0 Å². The molecule has 2 heterocycles. The van der Waals surface area contributed by atoms with Crippen molar-refractivity contribution in [2.24, 2.45) is 12.5 Å². The third kappa shape index (κ3) is 1.71. The Morgan fingerprint density at radius 1 is 1.33 bits per heavy atom. The van der Waals surface area contributed by atoms with Gasteiger partial charge in [0.15, 0.2) is 0 Å². The van der Waals surface area contributed by atoms with Crippen molar-refractivity contribution in [3.05, 3.63) is 24.0 Å². The Labute approximate surface area is 91.9 Å². The fourth-order valence-corrected chi connectivity index (χ4v) is 3.16. The Morgan fingerprint density at radius 2 is 2.20 bits per heavy atom. The van der Waals surface area contributed by atoms with E-state index in [9.17, 15) is 0 Å². The number of nitrogens with zero attached hydrogens (tertiary/aromatic N) is 2. The van der Waals surface area contributed by atoms with E-state index in [0.717, 1.165) is 12.0 Å². The number of hydrogen-bond acceptors (Lipinski definition) is 1. The summed E-state index contributed by atoms with van der Waals surface area (Å²) < 4.78 is 2.14. The Morgan fingerprint density at radius 3 is 2.73 bits per heavy atom. The van der Waals surface area contributed by atoms with Crippen LogP contribution in [-0.4, -0.2) is 22.6 Å². The molecule has 1 aliphatic carbocycles. The van der Waals surface area contributed by atoms with Crippen molar-refractivity contribution in [3.8, 4) is 0 Å². The molecule has 2 aliphatic rings. The molecule has 0 atom stereocenters. The molecule has 0 N–H and O–H groups in total. The molecule has 1 saturated carbocycles. The van der Waals surface area contributed by atoms with Gasteiger partial charge in [0.25, 0.3) is 0 Å². The molecular weight excluding hydrogens is 184 g/mol. The maximum Gasteiger partial charge on any atom is 0.0249 e. The first-order valence-electron chi connectivity index (χ1n) is 6.09. The van der Waals surface area contributed by atoms with Gasteiger partial charge in [0.1, 0.15) is 0 Å². The predicted octanol–water partition coefficient (Wildman–Crippen LogP) is 2.40. The standard InChI is InChI=1S/C13H20N2/c1-14-7-3-12(9-14)10-15-8-6-13(11-15)4-2-5-13/h3,7,9H,2,4-6,8,10-11H2,1H3. The highest BCUT2D eigenvalue weighted by atomic mass is 15.2. The molecule has 1 aliphatic heterocycles. The molecule has 82 valence electrons. The van der Waals surface area contributed by atoms with E-state index in [4.69, 9.17) is 0 Å². The van der Waals surface area contributed by atoms with Crippen molar-refractivity contribution in [2.75, 3.05) is 13.1 Å². The Balaban J connectivity index is 1.61. The van der Waals surface area contributed by atoms with Crippen LogP contribution in [0.5, 0.6) is 0 Å². The summed E-state index contributed by atoms with van der Waals surface area (Å²) in [6, 6.07) is 2.24. The average Bonchev–Trinajstić information content (AvgIpc) is 2.72. The summed E-state index contributed by atoms with van der Waals surface area (Å²) in [7, 11) is 2.10. The van der Waals surface area contributed by atoms with Crippen molar-refractivity contribution in [1.82, 2.24) is 9.47 Å². The summed E-state index contributed by atoms with van der Waals surface area (Å²) in [6.07, 6.45) is 10.3. The highest BCUT2D eigenvalue weighted by molar-refractivity contribution is 5.10. The van der Waals surface area contributed by atoms with E-state index in [2.05, 4.69) is 35.0 Å². The molecule has 3 rings (SSSR count). The van der Waals surface area contributed by atoms with Crippen LogP contribution in [0.1, 0.15) is 31.2 Å². The van der Waals surface area contributed by atoms with Crippen molar-refractivity contribution in [1.29, 1.82) is 0 Å². The minimum Gasteiger partial charge on any atom is -0.357 e. The van der Waals surface area contributed by atoms with E-state index in [0.29, 0.717) is 0 Å². The lowest BCUT2D eigenvalue weighted by atomic mass is 9.68. The lowest BCUT2D eigenvalue weighted by Crippen LogP contribution is -2.32. The maximum atomic E-state index is 2.63. The smallest absolute Gasteiger partial charge is 0.0249 e. The van der Waals surface area contributed by atoms with Gasteiger partial charge in [0.2, 0.25) is 0 Å². The van der Waals surface area contributed by atoms with Crippen LogP contribution >= 0.6 is 0 Å². The minimum absolute atomic E-state index is 0.745. The Bertz CT molecular complexity index is 349. The normalized spacial score (nSPS) is 24.6. The Hall–Kier alpha value is -0.760. The molecule has 1 aromatic rings. The third-order valence-corrected chi connectivity index (χ3v) is 4.23. The second-order valence-corrected chi connectivity index (χ2v) is 5.50.